The zero-order valence-electron chi connectivity index (χ0n) is 12.6. The van der Waals surface area contributed by atoms with Gasteiger partial charge in [0.15, 0.2) is 0 Å². The largest absolute Gasteiger partial charge is 0.377 e. The molecule has 0 radical (unpaired) electrons. The molecule has 1 aromatic rings. The van der Waals surface area contributed by atoms with Crippen LogP contribution < -0.4 is 10.9 Å². The first-order valence-corrected chi connectivity index (χ1v) is 8.55. The topological polar surface area (TPSA) is 46.9 Å². The lowest BCUT2D eigenvalue weighted by atomic mass is 9.85. The molecule has 0 spiro atoms. The first kappa shape index (κ1) is 14.9. The summed E-state index contributed by atoms with van der Waals surface area (Å²) in [6, 6.07) is 0.289. The van der Waals surface area contributed by atoms with Crippen molar-refractivity contribution in [1.29, 1.82) is 0 Å². The van der Waals surface area contributed by atoms with Gasteiger partial charge in [0.2, 0.25) is 0 Å². The maximum atomic E-state index is 12.6. The molecule has 116 valence electrons. The molecule has 4 nitrogen and oxygen atoms in total. The molecule has 2 fully saturated rings. The third kappa shape index (κ3) is 3.25. The van der Waals surface area contributed by atoms with E-state index in [-0.39, 0.29) is 11.6 Å². The van der Waals surface area contributed by atoms with Crippen LogP contribution in [0.25, 0.3) is 0 Å². The van der Waals surface area contributed by atoms with Crippen LogP contribution >= 0.6 is 11.6 Å². The second-order valence-corrected chi connectivity index (χ2v) is 7.04. The molecular formula is C16H24ClN3O. The number of anilines is 1. The van der Waals surface area contributed by atoms with Crippen LogP contribution in [0.3, 0.4) is 0 Å². The van der Waals surface area contributed by atoms with Gasteiger partial charge in [0.25, 0.3) is 5.56 Å². The average molecular weight is 310 g/mol. The fourth-order valence-corrected chi connectivity index (χ4v) is 3.63. The fourth-order valence-electron chi connectivity index (χ4n) is 3.45. The van der Waals surface area contributed by atoms with E-state index in [0.29, 0.717) is 22.5 Å². The highest BCUT2D eigenvalue weighted by atomic mass is 35.5. The van der Waals surface area contributed by atoms with E-state index in [2.05, 4.69) is 17.3 Å². The van der Waals surface area contributed by atoms with E-state index in [1.54, 1.807) is 10.9 Å². The Morgan fingerprint density at radius 1 is 1.33 bits per heavy atom. The van der Waals surface area contributed by atoms with Crippen molar-refractivity contribution in [2.45, 2.75) is 64.5 Å². The Kier molecular flexibility index (Phi) is 4.53. The number of hydrogen-bond acceptors (Lipinski definition) is 3. The molecule has 1 atom stereocenters. The highest BCUT2D eigenvalue weighted by molar-refractivity contribution is 6.33. The lowest BCUT2D eigenvalue weighted by Crippen LogP contribution is -2.34. The summed E-state index contributed by atoms with van der Waals surface area (Å²) in [6.45, 7) is 2.88. The number of aromatic nitrogens is 2. The zero-order chi connectivity index (χ0) is 14.8. The van der Waals surface area contributed by atoms with Crippen molar-refractivity contribution in [3.8, 4) is 0 Å². The predicted octanol–water partition coefficient (Wildman–Crippen LogP) is 3.69. The summed E-state index contributed by atoms with van der Waals surface area (Å²) in [5, 5.41) is 8.00. The van der Waals surface area contributed by atoms with Crippen molar-refractivity contribution < 1.29 is 0 Å². The monoisotopic (exact) mass is 309 g/mol. The summed E-state index contributed by atoms with van der Waals surface area (Å²) in [5.74, 6) is 1.25. The SMILES string of the molecule is CC(Nc1c(Cl)cnn(CC2CCC2)c1=O)C1CCCC1. The van der Waals surface area contributed by atoms with Gasteiger partial charge in [0, 0.05) is 12.6 Å². The molecule has 21 heavy (non-hydrogen) atoms. The molecule has 2 aliphatic rings. The van der Waals surface area contributed by atoms with Crippen LogP contribution in [0.1, 0.15) is 51.9 Å². The van der Waals surface area contributed by atoms with Crippen LogP contribution in [-0.2, 0) is 6.54 Å². The van der Waals surface area contributed by atoms with Gasteiger partial charge in [-0.3, -0.25) is 4.79 Å². The molecule has 0 aliphatic heterocycles. The van der Waals surface area contributed by atoms with Crippen LogP contribution in [-0.4, -0.2) is 15.8 Å². The van der Waals surface area contributed by atoms with Crippen LogP contribution in [0, 0.1) is 11.8 Å². The van der Waals surface area contributed by atoms with E-state index >= 15 is 0 Å². The fraction of sp³-hybridized carbons (Fsp3) is 0.750. The number of nitrogens with zero attached hydrogens (tertiary/aromatic N) is 2. The van der Waals surface area contributed by atoms with Gasteiger partial charge in [0.1, 0.15) is 5.69 Å². The van der Waals surface area contributed by atoms with E-state index < -0.39 is 0 Å². The van der Waals surface area contributed by atoms with Crippen molar-refractivity contribution >= 4 is 17.3 Å². The first-order valence-electron chi connectivity index (χ1n) is 8.17. The standard InChI is InChI=1S/C16H24ClN3O/c1-11(13-7-2-3-8-13)19-15-14(17)9-18-20(16(15)21)10-12-5-4-6-12/h9,11-13,19H,2-8,10H2,1H3. The van der Waals surface area contributed by atoms with Gasteiger partial charge in [-0.05, 0) is 44.4 Å². The summed E-state index contributed by atoms with van der Waals surface area (Å²) in [5.41, 5.74) is 0.463. The Morgan fingerprint density at radius 2 is 2.05 bits per heavy atom. The summed E-state index contributed by atoms with van der Waals surface area (Å²) < 4.78 is 1.58. The molecule has 0 amide bonds. The van der Waals surface area contributed by atoms with E-state index in [9.17, 15) is 4.79 Å². The van der Waals surface area contributed by atoms with Gasteiger partial charge < -0.3 is 5.32 Å². The van der Waals surface area contributed by atoms with Gasteiger partial charge >= 0.3 is 0 Å². The lowest BCUT2D eigenvalue weighted by Gasteiger charge is -2.26. The van der Waals surface area contributed by atoms with Crippen LogP contribution in [0.15, 0.2) is 11.0 Å². The Hall–Kier alpha value is -1.03. The van der Waals surface area contributed by atoms with E-state index in [4.69, 9.17) is 11.6 Å². The van der Waals surface area contributed by atoms with Crippen molar-refractivity contribution in [2.24, 2.45) is 11.8 Å². The summed E-state index contributed by atoms with van der Waals surface area (Å²) in [6.07, 6.45) is 10.4. The highest BCUT2D eigenvalue weighted by Gasteiger charge is 2.24. The van der Waals surface area contributed by atoms with Gasteiger partial charge in [0.05, 0.1) is 11.2 Å². The normalized spacial score (nSPS) is 21.2. The van der Waals surface area contributed by atoms with Crippen LogP contribution in [0.5, 0.6) is 0 Å². The van der Waals surface area contributed by atoms with Crippen molar-refractivity contribution in [3.05, 3.63) is 21.6 Å². The molecule has 1 heterocycles. The smallest absolute Gasteiger partial charge is 0.291 e. The third-order valence-electron chi connectivity index (χ3n) is 5.13. The number of rotatable bonds is 5. The Bertz CT molecular complexity index is 547. The minimum Gasteiger partial charge on any atom is -0.377 e. The maximum Gasteiger partial charge on any atom is 0.291 e. The van der Waals surface area contributed by atoms with Crippen LogP contribution in [0.2, 0.25) is 5.02 Å². The highest BCUT2D eigenvalue weighted by Crippen LogP contribution is 2.30. The molecule has 0 saturated heterocycles. The molecule has 1 aromatic heterocycles. The first-order chi connectivity index (χ1) is 10.1. The summed E-state index contributed by atoms with van der Waals surface area (Å²) >= 11 is 6.20. The molecule has 0 bridgehead atoms. The van der Waals surface area contributed by atoms with Crippen molar-refractivity contribution in [3.63, 3.8) is 0 Å². The molecule has 1 unspecified atom stereocenters. The minimum atomic E-state index is -0.0701. The van der Waals surface area contributed by atoms with Crippen molar-refractivity contribution in [1.82, 2.24) is 9.78 Å². The maximum absolute atomic E-state index is 12.6. The predicted molar refractivity (Wildman–Crippen MR) is 85.9 cm³/mol. The minimum absolute atomic E-state index is 0.0701. The lowest BCUT2D eigenvalue weighted by molar-refractivity contribution is 0.262. The van der Waals surface area contributed by atoms with Gasteiger partial charge in [-0.25, -0.2) is 4.68 Å². The quantitative estimate of drug-likeness (QED) is 0.902. The zero-order valence-corrected chi connectivity index (χ0v) is 13.4. The number of hydrogen-bond donors (Lipinski definition) is 1. The second kappa shape index (κ2) is 6.39. The van der Waals surface area contributed by atoms with Gasteiger partial charge in [-0.1, -0.05) is 30.9 Å². The molecule has 5 heteroatoms. The summed E-state index contributed by atoms with van der Waals surface area (Å²) in [7, 11) is 0. The van der Waals surface area contributed by atoms with Gasteiger partial charge in [-0.15, -0.1) is 0 Å². The Morgan fingerprint density at radius 3 is 2.67 bits per heavy atom. The van der Waals surface area contributed by atoms with Gasteiger partial charge in [-0.2, -0.15) is 5.10 Å². The molecule has 2 aliphatic carbocycles. The third-order valence-corrected chi connectivity index (χ3v) is 5.42. The second-order valence-electron chi connectivity index (χ2n) is 6.63. The average Bonchev–Trinajstić information content (AvgIpc) is 2.94. The molecule has 3 rings (SSSR count). The Balaban J connectivity index is 1.76. The molecule has 2 saturated carbocycles. The number of nitrogens with one attached hydrogen (secondary N) is 1. The van der Waals surface area contributed by atoms with Crippen molar-refractivity contribution in [2.75, 3.05) is 5.32 Å². The van der Waals surface area contributed by atoms with E-state index in [1.807, 2.05) is 0 Å². The van der Waals surface area contributed by atoms with Crippen LogP contribution in [0.4, 0.5) is 5.69 Å². The molecule has 0 aromatic carbocycles. The number of halogens is 1. The Labute approximate surface area is 130 Å². The van der Waals surface area contributed by atoms with E-state index in [1.165, 1.54) is 44.9 Å². The van der Waals surface area contributed by atoms with E-state index in [0.717, 1.165) is 6.54 Å². The summed E-state index contributed by atoms with van der Waals surface area (Å²) in [4.78, 5) is 12.6. The molecule has 1 N–H and O–H groups in total. The molecular weight excluding hydrogens is 286 g/mol.